The highest BCUT2D eigenvalue weighted by molar-refractivity contribution is 5.85. The first-order chi connectivity index (χ1) is 5.88. The number of benzene rings is 1. The Morgan fingerprint density at radius 2 is 1.92 bits per heavy atom. The van der Waals surface area contributed by atoms with E-state index in [9.17, 15) is 0 Å². The molecule has 0 aliphatic rings. The highest BCUT2D eigenvalue weighted by Crippen LogP contribution is 2.10. The van der Waals surface area contributed by atoms with Gasteiger partial charge in [-0.15, -0.1) is 0 Å². The molecule has 1 aromatic carbocycles. The molecule has 0 aromatic heterocycles. The summed E-state index contributed by atoms with van der Waals surface area (Å²) >= 11 is 0. The molecule has 0 spiro atoms. The molecule has 0 aliphatic heterocycles. The van der Waals surface area contributed by atoms with Crippen molar-refractivity contribution in [3.05, 3.63) is 29.8 Å². The summed E-state index contributed by atoms with van der Waals surface area (Å²) in [5.74, 6) is 0. The Labute approximate surface area is 73.1 Å². The Bertz CT molecular complexity index is 233. The average Bonchev–Trinajstić information content (AvgIpc) is 2.20. The Balaban J connectivity index is 0.000000561. The van der Waals surface area contributed by atoms with Crippen LogP contribution in [0.5, 0.6) is 0 Å². The van der Waals surface area contributed by atoms with Crippen LogP contribution in [0, 0.1) is 5.41 Å². The zero-order valence-electron chi connectivity index (χ0n) is 7.46. The van der Waals surface area contributed by atoms with Crippen LogP contribution in [0.15, 0.2) is 24.3 Å². The van der Waals surface area contributed by atoms with E-state index in [1.165, 1.54) is 13.3 Å². The van der Waals surface area contributed by atoms with Gasteiger partial charge >= 0.3 is 0 Å². The summed E-state index contributed by atoms with van der Waals surface area (Å²) in [7, 11) is 3.35. The maximum Gasteiger partial charge on any atom is 0.0426 e. The van der Waals surface area contributed by atoms with Gasteiger partial charge in [0.15, 0.2) is 0 Å². The van der Waals surface area contributed by atoms with Crippen molar-refractivity contribution in [1.82, 2.24) is 0 Å². The van der Waals surface area contributed by atoms with E-state index in [1.807, 2.05) is 31.3 Å². The second kappa shape index (κ2) is 6.37. The van der Waals surface area contributed by atoms with Crippen molar-refractivity contribution in [3.8, 4) is 0 Å². The number of rotatable bonds is 2. The van der Waals surface area contributed by atoms with E-state index in [1.54, 1.807) is 0 Å². The van der Waals surface area contributed by atoms with Gasteiger partial charge in [-0.2, -0.15) is 0 Å². The fourth-order valence-corrected chi connectivity index (χ4v) is 0.851. The largest absolute Gasteiger partial charge is 0.388 e. The van der Waals surface area contributed by atoms with E-state index in [0.29, 0.717) is 0 Å². The van der Waals surface area contributed by atoms with E-state index in [2.05, 4.69) is 11.1 Å². The lowest BCUT2D eigenvalue weighted by molar-refractivity contribution is 1.48. The molecule has 0 saturated heterocycles. The van der Waals surface area contributed by atoms with Crippen molar-refractivity contribution < 1.29 is 0 Å². The Morgan fingerprint density at radius 3 is 2.33 bits per heavy atom. The van der Waals surface area contributed by atoms with E-state index in [-0.39, 0.29) is 0 Å². The van der Waals surface area contributed by atoms with Crippen LogP contribution in [-0.4, -0.2) is 20.3 Å². The topological polar surface area (TPSA) is 61.9 Å². The molecule has 4 N–H and O–H groups in total. The van der Waals surface area contributed by atoms with Gasteiger partial charge in [-0.05, 0) is 13.1 Å². The molecule has 66 valence electrons. The van der Waals surface area contributed by atoms with Gasteiger partial charge in [0.25, 0.3) is 0 Å². The van der Waals surface area contributed by atoms with Crippen molar-refractivity contribution in [3.63, 3.8) is 0 Å². The number of anilines is 1. The van der Waals surface area contributed by atoms with Crippen LogP contribution >= 0.6 is 0 Å². The quantitative estimate of drug-likeness (QED) is 0.578. The van der Waals surface area contributed by atoms with Crippen molar-refractivity contribution in [2.75, 3.05) is 19.4 Å². The molecule has 12 heavy (non-hydrogen) atoms. The van der Waals surface area contributed by atoms with E-state index >= 15 is 0 Å². The minimum atomic E-state index is 0.921. The predicted octanol–water partition coefficient (Wildman–Crippen LogP) is 1.30. The third kappa shape index (κ3) is 2.72. The van der Waals surface area contributed by atoms with E-state index in [0.717, 1.165) is 11.3 Å². The molecular weight excluding hydrogens is 150 g/mol. The number of nitrogens with two attached hydrogens (primary N) is 1. The van der Waals surface area contributed by atoms with Crippen LogP contribution < -0.4 is 11.1 Å². The van der Waals surface area contributed by atoms with E-state index in [4.69, 9.17) is 5.41 Å². The van der Waals surface area contributed by atoms with Crippen molar-refractivity contribution in [1.29, 1.82) is 5.41 Å². The lowest BCUT2D eigenvalue weighted by Crippen LogP contribution is -1.92. The number of hydrogen-bond acceptors (Lipinski definition) is 3. The molecule has 1 rings (SSSR count). The van der Waals surface area contributed by atoms with Crippen LogP contribution in [-0.2, 0) is 0 Å². The monoisotopic (exact) mass is 165 g/mol. The van der Waals surface area contributed by atoms with Gasteiger partial charge < -0.3 is 16.5 Å². The molecule has 0 amide bonds. The summed E-state index contributed by atoms with van der Waals surface area (Å²) in [4.78, 5) is 0. The molecule has 1 aromatic rings. The van der Waals surface area contributed by atoms with Gasteiger partial charge in [0, 0.05) is 24.5 Å². The fraction of sp³-hybridized carbons (Fsp3) is 0.222. The maximum absolute atomic E-state index is 7.02. The molecule has 3 nitrogen and oxygen atoms in total. The van der Waals surface area contributed by atoms with Crippen molar-refractivity contribution in [2.24, 2.45) is 5.73 Å². The van der Waals surface area contributed by atoms with Gasteiger partial charge in [0.2, 0.25) is 0 Å². The predicted molar refractivity (Wildman–Crippen MR) is 54.0 cm³/mol. The highest BCUT2D eigenvalue weighted by Gasteiger charge is 1.92. The molecule has 0 saturated carbocycles. The lowest BCUT2D eigenvalue weighted by atomic mass is 10.2. The second-order valence-corrected chi connectivity index (χ2v) is 1.98. The summed E-state index contributed by atoms with van der Waals surface area (Å²) in [6, 6.07) is 7.71. The van der Waals surface area contributed by atoms with Crippen molar-refractivity contribution >= 4 is 11.9 Å². The van der Waals surface area contributed by atoms with E-state index < -0.39 is 0 Å². The summed E-state index contributed by atoms with van der Waals surface area (Å²) in [6.07, 6.45) is 1.34. The first kappa shape index (κ1) is 10.7. The van der Waals surface area contributed by atoms with Crippen LogP contribution in [0.4, 0.5) is 5.69 Å². The molecule has 0 atom stereocenters. The van der Waals surface area contributed by atoms with Gasteiger partial charge in [-0.1, -0.05) is 18.2 Å². The summed E-state index contributed by atoms with van der Waals surface area (Å²) in [5, 5.41) is 10.0. The molecule has 0 fully saturated rings. The summed E-state index contributed by atoms with van der Waals surface area (Å²) in [5.41, 5.74) is 6.42. The molecule has 0 radical (unpaired) electrons. The maximum atomic E-state index is 7.02. The lowest BCUT2D eigenvalue weighted by Gasteiger charge is -2.01. The minimum absolute atomic E-state index is 0.921. The highest BCUT2D eigenvalue weighted by atomic mass is 14.8. The third-order valence-corrected chi connectivity index (χ3v) is 1.39. The van der Waals surface area contributed by atoms with Crippen LogP contribution in [0.3, 0.4) is 0 Å². The Morgan fingerprint density at radius 1 is 1.33 bits per heavy atom. The van der Waals surface area contributed by atoms with Crippen molar-refractivity contribution in [2.45, 2.75) is 0 Å². The molecule has 0 unspecified atom stereocenters. The molecule has 0 heterocycles. The number of hydrogen-bond donors (Lipinski definition) is 3. The molecular formula is C9H15N3. The number of nitrogens with one attached hydrogen (secondary N) is 2. The smallest absolute Gasteiger partial charge is 0.0426 e. The minimum Gasteiger partial charge on any atom is -0.388 e. The summed E-state index contributed by atoms with van der Waals surface area (Å²) < 4.78 is 0. The van der Waals surface area contributed by atoms with Gasteiger partial charge in [0.1, 0.15) is 0 Å². The zero-order valence-corrected chi connectivity index (χ0v) is 7.46. The van der Waals surface area contributed by atoms with Gasteiger partial charge in [0.05, 0.1) is 0 Å². The Hall–Kier alpha value is -1.35. The molecule has 0 aliphatic carbocycles. The van der Waals surface area contributed by atoms with Gasteiger partial charge in [-0.3, -0.25) is 0 Å². The second-order valence-electron chi connectivity index (χ2n) is 1.98. The van der Waals surface area contributed by atoms with Crippen LogP contribution in [0.1, 0.15) is 5.56 Å². The molecule has 3 heteroatoms. The normalized spacial score (nSPS) is 7.92. The third-order valence-electron chi connectivity index (χ3n) is 1.39. The molecule has 0 bridgehead atoms. The van der Waals surface area contributed by atoms with Gasteiger partial charge in [-0.25, -0.2) is 0 Å². The zero-order chi connectivity index (χ0) is 9.40. The average molecular weight is 165 g/mol. The first-order valence-electron chi connectivity index (χ1n) is 3.73. The first-order valence-corrected chi connectivity index (χ1v) is 3.73. The van der Waals surface area contributed by atoms with Crippen LogP contribution in [0.25, 0.3) is 0 Å². The summed E-state index contributed by atoms with van der Waals surface area (Å²) in [6.45, 7) is 0. The number of para-hydroxylation sites is 1. The SMILES string of the molecule is CN.CNc1ccccc1C=N. The fourth-order valence-electron chi connectivity index (χ4n) is 0.851. The Kier molecular flexibility index (Phi) is 5.65. The standard InChI is InChI=1S/C8H10N2.CH5N/c1-10-8-5-3-2-4-7(8)6-9;1-2/h2-6,9-10H,1H3;2H2,1H3. The van der Waals surface area contributed by atoms with Crippen LogP contribution in [0.2, 0.25) is 0 Å².